The van der Waals surface area contributed by atoms with Crippen LogP contribution in [-0.4, -0.2) is 35.3 Å². The molecule has 1 aliphatic heterocycles. The Bertz CT molecular complexity index is 1210. The molecular formula is C27H28FN3O2S. The van der Waals surface area contributed by atoms with Gasteiger partial charge in [-0.2, -0.15) is 0 Å². The number of halogens is 1. The summed E-state index contributed by atoms with van der Waals surface area (Å²) in [6.07, 6.45) is 4.86. The minimum Gasteiger partial charge on any atom is -0.340 e. The van der Waals surface area contributed by atoms with Crippen molar-refractivity contribution in [1.29, 1.82) is 0 Å². The predicted molar refractivity (Wildman–Crippen MR) is 132 cm³/mol. The normalized spacial score (nSPS) is 18.9. The van der Waals surface area contributed by atoms with E-state index >= 15 is 0 Å². The molecule has 176 valence electrons. The number of carbonyl (C=O) groups excluding carboxylic acids is 2. The summed E-state index contributed by atoms with van der Waals surface area (Å²) in [7, 11) is 0. The molecular weight excluding hydrogens is 449 g/mol. The third-order valence-electron chi connectivity index (χ3n) is 6.52. The van der Waals surface area contributed by atoms with Gasteiger partial charge in [0.1, 0.15) is 17.6 Å². The Morgan fingerprint density at radius 3 is 2.65 bits per heavy atom. The van der Waals surface area contributed by atoms with Crippen LogP contribution in [0.1, 0.15) is 69.4 Å². The van der Waals surface area contributed by atoms with E-state index in [0.717, 1.165) is 49.2 Å². The first-order chi connectivity index (χ1) is 16.5. The van der Waals surface area contributed by atoms with E-state index in [-0.39, 0.29) is 29.2 Å². The summed E-state index contributed by atoms with van der Waals surface area (Å²) in [6, 6.07) is 12.8. The molecule has 5 rings (SSSR count). The van der Waals surface area contributed by atoms with E-state index in [9.17, 15) is 14.0 Å². The van der Waals surface area contributed by atoms with Gasteiger partial charge in [0.2, 0.25) is 5.78 Å². The minimum absolute atomic E-state index is 0.199. The van der Waals surface area contributed by atoms with E-state index in [1.807, 2.05) is 25.1 Å². The van der Waals surface area contributed by atoms with Gasteiger partial charge in [0.25, 0.3) is 5.91 Å². The average molecular weight is 478 g/mol. The molecule has 0 radical (unpaired) electrons. The molecule has 34 heavy (non-hydrogen) atoms. The summed E-state index contributed by atoms with van der Waals surface area (Å²) in [5, 5.41) is 7.29. The molecule has 2 aromatic carbocycles. The molecule has 1 saturated heterocycles. The summed E-state index contributed by atoms with van der Waals surface area (Å²) in [5.41, 5.74) is 2.14. The molecule has 1 saturated carbocycles. The fourth-order valence-corrected chi connectivity index (χ4v) is 5.77. The largest absolute Gasteiger partial charge is 0.340 e. The van der Waals surface area contributed by atoms with Crippen molar-refractivity contribution in [3.8, 4) is 10.4 Å². The smallest absolute Gasteiger partial charge is 0.251 e. The number of aromatic nitrogens is 1. The first-order valence-electron chi connectivity index (χ1n) is 11.9. The fourth-order valence-electron chi connectivity index (χ4n) is 4.51. The van der Waals surface area contributed by atoms with Gasteiger partial charge in [-0.1, -0.05) is 42.3 Å². The molecule has 0 spiro atoms. The first-order valence-corrected chi connectivity index (χ1v) is 12.7. The predicted octanol–water partition coefficient (Wildman–Crippen LogP) is 5.26. The number of hydrogen-bond acceptors (Lipinski definition) is 5. The molecule has 1 amide bonds. The summed E-state index contributed by atoms with van der Waals surface area (Å²) in [5.74, 6) is -0.592. The highest BCUT2D eigenvalue weighted by atomic mass is 32.1. The monoisotopic (exact) mass is 477 g/mol. The van der Waals surface area contributed by atoms with E-state index in [1.54, 1.807) is 24.3 Å². The van der Waals surface area contributed by atoms with Gasteiger partial charge in [-0.25, -0.2) is 9.37 Å². The number of Topliss-reactive ketones (excluding diaryl/α,β-unsaturated/α-hetero) is 1. The third-order valence-corrected chi connectivity index (χ3v) is 7.77. The van der Waals surface area contributed by atoms with Gasteiger partial charge >= 0.3 is 0 Å². The Balaban J connectivity index is 1.52. The van der Waals surface area contributed by atoms with E-state index in [1.165, 1.54) is 17.4 Å². The number of carbonyl (C=O) groups is 2. The Morgan fingerprint density at radius 1 is 1.12 bits per heavy atom. The second-order valence-electron chi connectivity index (χ2n) is 9.23. The Labute approximate surface area is 202 Å². The summed E-state index contributed by atoms with van der Waals surface area (Å²) in [6.45, 7) is 2.72. The first kappa shape index (κ1) is 22.9. The summed E-state index contributed by atoms with van der Waals surface area (Å²) in [4.78, 5) is 32.4. The Morgan fingerprint density at radius 2 is 1.94 bits per heavy atom. The maximum absolute atomic E-state index is 14.8. The maximum Gasteiger partial charge on any atom is 0.251 e. The lowest BCUT2D eigenvalue weighted by Crippen LogP contribution is -2.55. The molecule has 2 fully saturated rings. The van der Waals surface area contributed by atoms with E-state index in [2.05, 4.69) is 10.6 Å². The highest BCUT2D eigenvalue weighted by Crippen LogP contribution is 2.45. The molecule has 2 aliphatic rings. The number of rotatable bonds is 7. The molecule has 2 N–H and O–H groups in total. The second-order valence-corrected chi connectivity index (χ2v) is 10.3. The number of piperidine rings is 1. The highest BCUT2D eigenvalue weighted by Gasteiger charge is 2.37. The van der Waals surface area contributed by atoms with Crippen LogP contribution in [0.15, 0.2) is 48.5 Å². The van der Waals surface area contributed by atoms with Crippen molar-refractivity contribution in [2.45, 2.75) is 57.0 Å². The van der Waals surface area contributed by atoms with Crippen molar-refractivity contribution in [2.75, 3.05) is 6.54 Å². The van der Waals surface area contributed by atoms with E-state index < -0.39 is 6.04 Å². The number of amides is 1. The molecule has 7 heteroatoms. The van der Waals surface area contributed by atoms with Crippen LogP contribution >= 0.6 is 11.3 Å². The maximum atomic E-state index is 14.8. The topological polar surface area (TPSA) is 71.1 Å². The van der Waals surface area contributed by atoms with Crippen LogP contribution in [0.5, 0.6) is 0 Å². The summed E-state index contributed by atoms with van der Waals surface area (Å²) < 4.78 is 14.8. The van der Waals surface area contributed by atoms with Gasteiger partial charge in [-0.3, -0.25) is 9.59 Å². The lowest BCUT2D eigenvalue weighted by Gasteiger charge is -2.31. The van der Waals surface area contributed by atoms with Crippen molar-refractivity contribution in [2.24, 2.45) is 0 Å². The van der Waals surface area contributed by atoms with Gasteiger partial charge in [-0.05, 0) is 57.4 Å². The Kier molecular flexibility index (Phi) is 6.57. The molecule has 0 bridgehead atoms. The van der Waals surface area contributed by atoms with Gasteiger partial charge < -0.3 is 10.6 Å². The van der Waals surface area contributed by atoms with Crippen LogP contribution in [-0.2, 0) is 0 Å². The molecule has 1 aromatic heterocycles. The van der Waals surface area contributed by atoms with Crippen LogP contribution in [0.25, 0.3) is 10.4 Å². The van der Waals surface area contributed by atoms with E-state index in [4.69, 9.17) is 4.98 Å². The van der Waals surface area contributed by atoms with Crippen molar-refractivity contribution in [3.05, 3.63) is 76.2 Å². The molecule has 5 nitrogen and oxygen atoms in total. The van der Waals surface area contributed by atoms with Crippen molar-refractivity contribution >= 4 is 23.0 Å². The third kappa shape index (κ3) is 4.81. The van der Waals surface area contributed by atoms with Gasteiger partial charge in [-0.15, -0.1) is 11.3 Å². The second kappa shape index (κ2) is 9.76. The van der Waals surface area contributed by atoms with Crippen molar-refractivity contribution < 1.29 is 14.0 Å². The number of ketones is 1. The molecule has 2 heterocycles. The van der Waals surface area contributed by atoms with Crippen molar-refractivity contribution in [3.63, 3.8) is 0 Å². The van der Waals surface area contributed by atoms with Crippen LogP contribution in [0, 0.1) is 12.7 Å². The van der Waals surface area contributed by atoms with Gasteiger partial charge in [0.15, 0.2) is 0 Å². The van der Waals surface area contributed by atoms with Gasteiger partial charge in [0, 0.05) is 23.1 Å². The number of nitrogens with one attached hydrogen (secondary N) is 2. The van der Waals surface area contributed by atoms with Crippen LogP contribution in [0.3, 0.4) is 0 Å². The zero-order valence-electron chi connectivity index (χ0n) is 19.1. The number of hydrogen-bond donors (Lipinski definition) is 2. The minimum atomic E-state index is -0.784. The van der Waals surface area contributed by atoms with Crippen LogP contribution in [0.2, 0.25) is 0 Å². The number of thiazole rings is 1. The van der Waals surface area contributed by atoms with E-state index in [0.29, 0.717) is 21.9 Å². The fraction of sp³-hybridized carbons (Fsp3) is 0.370. The van der Waals surface area contributed by atoms with Crippen LogP contribution in [0.4, 0.5) is 4.39 Å². The zero-order chi connectivity index (χ0) is 23.7. The number of aryl methyl sites for hydroxylation is 1. The van der Waals surface area contributed by atoms with Crippen molar-refractivity contribution in [1.82, 2.24) is 15.6 Å². The highest BCUT2D eigenvalue weighted by molar-refractivity contribution is 7.15. The van der Waals surface area contributed by atoms with Gasteiger partial charge in [0.05, 0.1) is 9.88 Å². The quantitative estimate of drug-likeness (QED) is 0.456. The molecule has 3 aromatic rings. The van der Waals surface area contributed by atoms with Crippen LogP contribution < -0.4 is 10.6 Å². The Hall–Kier alpha value is -2.90. The average Bonchev–Trinajstić information content (AvgIpc) is 3.61. The number of benzene rings is 2. The zero-order valence-corrected chi connectivity index (χ0v) is 20.0. The SMILES string of the molecule is Cc1cccc(C(=O)N[C@H](C(=O)c2nc(C3CC3)sc2-c2ccccc2F)C2CCCCN2)c1. The number of nitrogens with zero attached hydrogens (tertiary/aromatic N) is 1. The molecule has 2 atom stereocenters. The standard InChI is InChI=1S/C27H28FN3O2S/c1-16-7-6-8-18(15-16)26(33)30-22(21-11-4-5-14-29-21)24(32)23-25(19-9-2-3-10-20(19)28)34-27(31-23)17-12-13-17/h2-3,6-10,15,17,21-22,29H,4-5,11-14H2,1H3,(H,30,33)/t21?,22-/m0/s1. The summed E-state index contributed by atoms with van der Waals surface area (Å²) >= 11 is 1.40. The lowest BCUT2D eigenvalue weighted by molar-refractivity contribution is 0.0823. The molecule has 1 unspecified atom stereocenters. The molecule has 1 aliphatic carbocycles. The lowest BCUT2D eigenvalue weighted by atomic mass is 9.92.